The number of carbonyl (C=O) groups excluding carboxylic acids is 1. The molecule has 1 fully saturated rings. The van der Waals surface area contributed by atoms with Crippen molar-refractivity contribution in [3.63, 3.8) is 0 Å². The number of piperidine rings is 1. The summed E-state index contributed by atoms with van der Waals surface area (Å²) in [5.41, 5.74) is 6.25. The fraction of sp³-hybridized carbons (Fsp3) is 0.636. The zero-order valence-corrected chi connectivity index (χ0v) is 12.1. The van der Waals surface area contributed by atoms with Gasteiger partial charge in [0, 0.05) is 19.1 Å². The number of amides is 1. The van der Waals surface area contributed by atoms with Gasteiger partial charge in [-0.2, -0.15) is 5.10 Å². The van der Waals surface area contributed by atoms with Crippen LogP contribution in [0.5, 0.6) is 0 Å². The van der Waals surface area contributed by atoms with Crippen LogP contribution in [0.2, 0.25) is 0 Å². The highest BCUT2D eigenvalue weighted by Crippen LogP contribution is 2.20. The molecule has 112 valence electrons. The highest BCUT2D eigenvalue weighted by Gasteiger charge is 2.29. The Labute approximate surface area is 117 Å². The molecule has 0 saturated carbocycles. The van der Waals surface area contributed by atoms with Gasteiger partial charge in [0.2, 0.25) is 10.0 Å². The molecule has 0 bridgehead atoms. The lowest BCUT2D eigenvalue weighted by Crippen LogP contribution is -2.49. The van der Waals surface area contributed by atoms with Crippen LogP contribution in [0.1, 0.15) is 29.8 Å². The summed E-state index contributed by atoms with van der Waals surface area (Å²) in [4.78, 5) is 14.1. The first-order valence-corrected chi connectivity index (χ1v) is 8.32. The predicted molar refractivity (Wildman–Crippen MR) is 74.5 cm³/mol. The van der Waals surface area contributed by atoms with Gasteiger partial charge in [-0.15, -0.1) is 0 Å². The van der Waals surface area contributed by atoms with Gasteiger partial charge in [-0.05, 0) is 19.3 Å². The first-order chi connectivity index (χ1) is 9.38. The molecule has 1 saturated heterocycles. The maximum atomic E-state index is 12.4. The maximum absolute atomic E-state index is 12.4. The number of rotatable bonds is 4. The number of anilines is 1. The Hall–Kier alpha value is -1.61. The average molecular weight is 301 g/mol. The molecule has 1 aromatic rings. The summed E-state index contributed by atoms with van der Waals surface area (Å²) in [7, 11) is -3.27. The van der Waals surface area contributed by atoms with Crippen LogP contribution in [-0.4, -0.2) is 54.8 Å². The quantitative estimate of drug-likeness (QED) is 0.694. The van der Waals surface area contributed by atoms with Crippen molar-refractivity contribution in [3.8, 4) is 0 Å². The van der Waals surface area contributed by atoms with E-state index in [2.05, 4.69) is 14.9 Å². The molecule has 0 spiro atoms. The second-order valence-corrected chi connectivity index (χ2v) is 6.80. The zero-order chi connectivity index (χ0) is 14.8. The van der Waals surface area contributed by atoms with Gasteiger partial charge in [-0.3, -0.25) is 9.89 Å². The highest BCUT2D eigenvalue weighted by molar-refractivity contribution is 7.88. The Balaban J connectivity index is 2.11. The van der Waals surface area contributed by atoms with Crippen LogP contribution in [0.3, 0.4) is 0 Å². The third-order valence-corrected chi connectivity index (χ3v) is 4.04. The number of nitrogen functional groups attached to an aromatic ring is 1. The van der Waals surface area contributed by atoms with E-state index in [-0.39, 0.29) is 24.2 Å². The monoisotopic (exact) mass is 301 g/mol. The SMILES string of the molecule is CS(=O)(=O)NCC1CCCCN1C(=O)c1[nH]ncc1N. The highest BCUT2D eigenvalue weighted by atomic mass is 32.2. The van der Waals surface area contributed by atoms with Gasteiger partial charge in [-0.1, -0.05) is 0 Å². The molecule has 1 unspecified atom stereocenters. The van der Waals surface area contributed by atoms with E-state index < -0.39 is 10.0 Å². The largest absolute Gasteiger partial charge is 0.396 e. The smallest absolute Gasteiger partial charge is 0.274 e. The van der Waals surface area contributed by atoms with E-state index in [4.69, 9.17) is 5.73 Å². The molecule has 2 heterocycles. The van der Waals surface area contributed by atoms with Crippen molar-refractivity contribution in [1.82, 2.24) is 19.8 Å². The zero-order valence-electron chi connectivity index (χ0n) is 11.3. The molecule has 1 aliphatic heterocycles. The molecule has 0 aromatic carbocycles. The summed E-state index contributed by atoms with van der Waals surface area (Å²) in [5.74, 6) is -0.236. The van der Waals surface area contributed by atoms with Crippen LogP contribution in [0.4, 0.5) is 5.69 Å². The van der Waals surface area contributed by atoms with Crippen molar-refractivity contribution in [3.05, 3.63) is 11.9 Å². The Morgan fingerprint density at radius 3 is 2.95 bits per heavy atom. The lowest BCUT2D eigenvalue weighted by Gasteiger charge is -2.35. The molecular formula is C11H19N5O3S. The number of nitrogens with zero attached hydrogens (tertiary/aromatic N) is 2. The second kappa shape index (κ2) is 5.80. The molecule has 4 N–H and O–H groups in total. The molecule has 1 amide bonds. The minimum atomic E-state index is -3.27. The number of likely N-dealkylation sites (tertiary alicyclic amines) is 1. The summed E-state index contributed by atoms with van der Waals surface area (Å²) in [6.07, 6.45) is 5.13. The standard InChI is InChI=1S/C11H19N5O3S/c1-20(18,19)14-6-8-4-2-3-5-16(8)11(17)10-9(12)7-13-15-10/h7-8,14H,2-6,12H2,1H3,(H,13,15). The van der Waals surface area contributed by atoms with Gasteiger partial charge < -0.3 is 10.6 Å². The molecule has 1 atom stereocenters. The number of sulfonamides is 1. The second-order valence-electron chi connectivity index (χ2n) is 4.97. The number of H-pyrrole nitrogens is 1. The normalized spacial score (nSPS) is 20.1. The Bertz CT molecular complexity index is 583. The van der Waals surface area contributed by atoms with E-state index in [9.17, 15) is 13.2 Å². The molecule has 2 rings (SSSR count). The third kappa shape index (κ3) is 3.48. The number of aromatic nitrogens is 2. The number of nitrogens with two attached hydrogens (primary N) is 1. The van der Waals surface area contributed by atoms with Gasteiger partial charge >= 0.3 is 0 Å². The summed E-state index contributed by atoms with van der Waals surface area (Å²) >= 11 is 0. The van der Waals surface area contributed by atoms with Gasteiger partial charge in [0.1, 0.15) is 5.69 Å². The van der Waals surface area contributed by atoms with E-state index in [1.54, 1.807) is 4.90 Å². The fourth-order valence-electron chi connectivity index (χ4n) is 2.34. The van der Waals surface area contributed by atoms with Crippen LogP contribution in [0, 0.1) is 0 Å². The van der Waals surface area contributed by atoms with Crippen molar-refractivity contribution < 1.29 is 13.2 Å². The molecule has 8 nitrogen and oxygen atoms in total. The predicted octanol–water partition coefficient (Wildman–Crippen LogP) is -0.464. The summed E-state index contributed by atoms with van der Waals surface area (Å²) < 4.78 is 24.8. The van der Waals surface area contributed by atoms with Crippen molar-refractivity contribution >= 4 is 21.6 Å². The van der Waals surface area contributed by atoms with E-state index in [0.29, 0.717) is 12.2 Å². The molecule has 1 aromatic heterocycles. The Morgan fingerprint density at radius 1 is 1.60 bits per heavy atom. The number of hydrogen-bond donors (Lipinski definition) is 3. The van der Waals surface area contributed by atoms with Crippen LogP contribution in [0.15, 0.2) is 6.20 Å². The first kappa shape index (κ1) is 14.8. The maximum Gasteiger partial charge on any atom is 0.274 e. The third-order valence-electron chi connectivity index (χ3n) is 3.35. The minimum Gasteiger partial charge on any atom is -0.396 e. The fourth-order valence-corrected chi connectivity index (χ4v) is 2.83. The number of carbonyl (C=O) groups is 1. The van der Waals surface area contributed by atoms with E-state index in [0.717, 1.165) is 25.5 Å². The van der Waals surface area contributed by atoms with Gasteiger partial charge in [0.15, 0.2) is 0 Å². The van der Waals surface area contributed by atoms with E-state index in [1.165, 1.54) is 6.20 Å². The molecule has 20 heavy (non-hydrogen) atoms. The number of nitrogens with one attached hydrogen (secondary N) is 2. The molecule has 0 radical (unpaired) electrons. The van der Waals surface area contributed by atoms with E-state index >= 15 is 0 Å². The van der Waals surface area contributed by atoms with Crippen LogP contribution in [-0.2, 0) is 10.0 Å². The average Bonchev–Trinajstić information content (AvgIpc) is 2.81. The summed E-state index contributed by atoms with van der Waals surface area (Å²) in [6, 6.07) is -0.159. The first-order valence-electron chi connectivity index (χ1n) is 6.43. The Morgan fingerprint density at radius 2 is 2.35 bits per heavy atom. The van der Waals surface area contributed by atoms with Crippen molar-refractivity contribution in [1.29, 1.82) is 0 Å². The van der Waals surface area contributed by atoms with Crippen molar-refractivity contribution in [2.24, 2.45) is 0 Å². The van der Waals surface area contributed by atoms with Gasteiger partial charge in [0.25, 0.3) is 5.91 Å². The van der Waals surface area contributed by atoms with E-state index in [1.807, 2.05) is 0 Å². The van der Waals surface area contributed by atoms with Crippen molar-refractivity contribution in [2.75, 3.05) is 25.1 Å². The molecule has 9 heteroatoms. The van der Waals surface area contributed by atoms with Crippen LogP contribution in [0.25, 0.3) is 0 Å². The van der Waals surface area contributed by atoms with Crippen molar-refractivity contribution in [2.45, 2.75) is 25.3 Å². The van der Waals surface area contributed by atoms with Crippen LogP contribution >= 0.6 is 0 Å². The number of hydrogen-bond acceptors (Lipinski definition) is 5. The van der Waals surface area contributed by atoms with Gasteiger partial charge in [0.05, 0.1) is 18.1 Å². The minimum absolute atomic E-state index is 0.159. The molecular weight excluding hydrogens is 282 g/mol. The van der Waals surface area contributed by atoms with Gasteiger partial charge in [-0.25, -0.2) is 13.1 Å². The van der Waals surface area contributed by atoms with Crippen LogP contribution < -0.4 is 10.5 Å². The summed E-state index contributed by atoms with van der Waals surface area (Å²) in [6.45, 7) is 0.812. The summed E-state index contributed by atoms with van der Waals surface area (Å²) in [5, 5.41) is 6.33. The Kier molecular flexibility index (Phi) is 4.29. The lowest BCUT2D eigenvalue weighted by molar-refractivity contribution is 0.0614. The molecule has 1 aliphatic rings. The topological polar surface area (TPSA) is 121 Å². The lowest BCUT2D eigenvalue weighted by atomic mass is 10.0. The number of aromatic amines is 1. The molecule has 0 aliphatic carbocycles.